The van der Waals surface area contributed by atoms with Gasteiger partial charge in [-0.1, -0.05) is 18.6 Å². The Morgan fingerprint density at radius 3 is 2.44 bits per heavy atom. The van der Waals surface area contributed by atoms with E-state index in [0.29, 0.717) is 0 Å². The van der Waals surface area contributed by atoms with Crippen LogP contribution in [0.4, 0.5) is 0 Å². The third-order valence-corrected chi connectivity index (χ3v) is 1.53. The summed E-state index contributed by atoms with van der Waals surface area (Å²) in [7, 11) is 0. The Balaban J connectivity index is 3.80. The molecule has 0 aromatic carbocycles. The molecule has 0 heterocycles. The van der Waals surface area contributed by atoms with Gasteiger partial charge in [-0.3, -0.25) is 0 Å². The zero-order valence-corrected chi connectivity index (χ0v) is 6.31. The fraction of sp³-hybridized carbons (Fsp3) is 0.714. The lowest BCUT2D eigenvalue weighted by Gasteiger charge is -2.10. The molecule has 0 saturated heterocycles. The van der Waals surface area contributed by atoms with Crippen molar-refractivity contribution in [1.82, 2.24) is 5.48 Å². The lowest BCUT2D eigenvalue weighted by atomic mass is 10.1. The number of hydroxylamine groups is 1. The van der Waals surface area contributed by atoms with Crippen LogP contribution >= 0.6 is 0 Å². The SMILES string of the molecule is C/C=C(\CC)C(C)NO. The maximum absolute atomic E-state index is 8.48. The zero-order valence-electron chi connectivity index (χ0n) is 6.31. The van der Waals surface area contributed by atoms with Gasteiger partial charge in [0.15, 0.2) is 0 Å². The molecular weight excluding hydrogens is 114 g/mol. The topological polar surface area (TPSA) is 32.3 Å². The van der Waals surface area contributed by atoms with Gasteiger partial charge >= 0.3 is 0 Å². The minimum Gasteiger partial charge on any atom is -0.316 e. The van der Waals surface area contributed by atoms with Gasteiger partial charge in [0.1, 0.15) is 0 Å². The molecule has 2 N–H and O–H groups in total. The first-order valence-corrected chi connectivity index (χ1v) is 3.30. The van der Waals surface area contributed by atoms with Gasteiger partial charge in [0.2, 0.25) is 0 Å². The van der Waals surface area contributed by atoms with Crippen molar-refractivity contribution in [3.05, 3.63) is 11.6 Å². The van der Waals surface area contributed by atoms with Crippen molar-refractivity contribution in [2.24, 2.45) is 0 Å². The fourth-order valence-corrected chi connectivity index (χ4v) is 0.843. The van der Waals surface area contributed by atoms with Crippen LogP contribution in [0.2, 0.25) is 0 Å². The van der Waals surface area contributed by atoms with Gasteiger partial charge in [-0.25, -0.2) is 0 Å². The molecule has 0 aliphatic heterocycles. The highest BCUT2D eigenvalue weighted by atomic mass is 16.5. The molecule has 2 nitrogen and oxygen atoms in total. The van der Waals surface area contributed by atoms with Crippen molar-refractivity contribution in [3.63, 3.8) is 0 Å². The summed E-state index contributed by atoms with van der Waals surface area (Å²) < 4.78 is 0. The molecule has 54 valence electrons. The third-order valence-electron chi connectivity index (χ3n) is 1.53. The summed E-state index contributed by atoms with van der Waals surface area (Å²) >= 11 is 0. The van der Waals surface area contributed by atoms with Gasteiger partial charge in [0.25, 0.3) is 0 Å². The Morgan fingerprint density at radius 1 is 1.78 bits per heavy atom. The highest BCUT2D eigenvalue weighted by Crippen LogP contribution is 2.04. The summed E-state index contributed by atoms with van der Waals surface area (Å²) in [6, 6.07) is 0.0972. The zero-order chi connectivity index (χ0) is 7.28. The van der Waals surface area contributed by atoms with Crippen LogP contribution < -0.4 is 5.48 Å². The van der Waals surface area contributed by atoms with Crippen LogP contribution in [0.5, 0.6) is 0 Å². The van der Waals surface area contributed by atoms with E-state index in [1.54, 1.807) is 0 Å². The first-order valence-electron chi connectivity index (χ1n) is 3.30. The molecule has 0 aromatic rings. The van der Waals surface area contributed by atoms with Crippen LogP contribution in [-0.4, -0.2) is 11.2 Å². The second kappa shape index (κ2) is 4.53. The monoisotopic (exact) mass is 129 g/mol. The van der Waals surface area contributed by atoms with Gasteiger partial charge in [0.05, 0.1) is 6.04 Å². The summed E-state index contributed by atoms with van der Waals surface area (Å²) in [4.78, 5) is 0. The maximum atomic E-state index is 8.48. The lowest BCUT2D eigenvalue weighted by molar-refractivity contribution is 0.144. The molecule has 9 heavy (non-hydrogen) atoms. The second-order valence-corrected chi connectivity index (χ2v) is 2.07. The second-order valence-electron chi connectivity index (χ2n) is 2.07. The van der Waals surface area contributed by atoms with Gasteiger partial charge in [0, 0.05) is 0 Å². The van der Waals surface area contributed by atoms with Crippen molar-refractivity contribution in [2.75, 3.05) is 0 Å². The predicted molar refractivity (Wildman–Crippen MR) is 38.4 cm³/mol. The molecule has 2 heteroatoms. The highest BCUT2D eigenvalue weighted by Gasteiger charge is 2.01. The van der Waals surface area contributed by atoms with Crippen molar-refractivity contribution in [2.45, 2.75) is 33.2 Å². The van der Waals surface area contributed by atoms with Crippen LogP contribution in [0.15, 0.2) is 11.6 Å². The van der Waals surface area contributed by atoms with E-state index >= 15 is 0 Å². The Bertz CT molecular complexity index is 99.1. The van der Waals surface area contributed by atoms with E-state index in [1.807, 2.05) is 19.9 Å². The highest BCUT2D eigenvalue weighted by molar-refractivity contribution is 5.06. The van der Waals surface area contributed by atoms with Crippen LogP contribution in [0.25, 0.3) is 0 Å². The van der Waals surface area contributed by atoms with E-state index < -0.39 is 0 Å². The summed E-state index contributed by atoms with van der Waals surface area (Å²) in [5, 5.41) is 8.48. The van der Waals surface area contributed by atoms with E-state index in [0.717, 1.165) is 6.42 Å². The minimum atomic E-state index is 0.0972. The number of allylic oxidation sites excluding steroid dienone is 1. The Hall–Kier alpha value is -0.340. The molecule has 0 saturated carbocycles. The molecule has 0 aliphatic rings. The van der Waals surface area contributed by atoms with Crippen molar-refractivity contribution in [3.8, 4) is 0 Å². The fourth-order valence-electron chi connectivity index (χ4n) is 0.843. The number of hydrogen-bond acceptors (Lipinski definition) is 2. The van der Waals surface area contributed by atoms with Crippen molar-refractivity contribution < 1.29 is 5.21 Å². The molecule has 0 fully saturated rings. The smallest absolute Gasteiger partial charge is 0.0500 e. The predicted octanol–water partition coefficient (Wildman–Crippen LogP) is 1.71. The minimum absolute atomic E-state index is 0.0972. The van der Waals surface area contributed by atoms with E-state index in [9.17, 15) is 0 Å². The molecule has 0 radical (unpaired) electrons. The Morgan fingerprint density at radius 2 is 2.33 bits per heavy atom. The summed E-state index contributed by atoms with van der Waals surface area (Å²) in [6.45, 7) is 5.98. The Kier molecular flexibility index (Phi) is 4.36. The lowest BCUT2D eigenvalue weighted by Crippen LogP contribution is -2.23. The molecule has 0 spiro atoms. The normalized spacial score (nSPS) is 15.8. The molecule has 0 rings (SSSR count). The number of hydrogen-bond donors (Lipinski definition) is 2. The molecular formula is C7H15NO. The van der Waals surface area contributed by atoms with E-state index in [4.69, 9.17) is 5.21 Å². The average molecular weight is 129 g/mol. The summed E-state index contributed by atoms with van der Waals surface area (Å²) in [6.07, 6.45) is 3.01. The molecule has 0 aliphatic carbocycles. The largest absolute Gasteiger partial charge is 0.316 e. The van der Waals surface area contributed by atoms with Gasteiger partial charge in [-0.2, -0.15) is 5.48 Å². The standard InChI is InChI=1S/C7H15NO/c1-4-7(5-2)6(3)8-9/h4,6,8-9H,5H2,1-3H3/b7-4+. The van der Waals surface area contributed by atoms with Gasteiger partial charge < -0.3 is 5.21 Å². The molecule has 0 aromatic heterocycles. The molecule has 1 atom stereocenters. The maximum Gasteiger partial charge on any atom is 0.0500 e. The summed E-state index contributed by atoms with van der Waals surface area (Å²) in [5.41, 5.74) is 3.43. The van der Waals surface area contributed by atoms with Crippen molar-refractivity contribution in [1.29, 1.82) is 0 Å². The third kappa shape index (κ3) is 2.63. The van der Waals surface area contributed by atoms with E-state index in [1.165, 1.54) is 5.57 Å². The van der Waals surface area contributed by atoms with Gasteiger partial charge in [-0.15, -0.1) is 0 Å². The number of nitrogens with one attached hydrogen (secondary N) is 1. The number of rotatable bonds is 3. The quantitative estimate of drug-likeness (QED) is 0.449. The van der Waals surface area contributed by atoms with Gasteiger partial charge in [-0.05, 0) is 20.3 Å². The van der Waals surface area contributed by atoms with Crippen LogP contribution in [-0.2, 0) is 0 Å². The molecule has 0 amide bonds. The molecule has 0 bridgehead atoms. The van der Waals surface area contributed by atoms with Crippen LogP contribution in [0, 0.1) is 0 Å². The van der Waals surface area contributed by atoms with Crippen LogP contribution in [0.1, 0.15) is 27.2 Å². The average Bonchev–Trinajstić information content (AvgIpc) is 1.90. The van der Waals surface area contributed by atoms with E-state index in [2.05, 4.69) is 12.4 Å². The molecule has 1 unspecified atom stereocenters. The first-order chi connectivity index (χ1) is 4.26. The first kappa shape index (κ1) is 8.66. The van der Waals surface area contributed by atoms with Crippen molar-refractivity contribution >= 4 is 0 Å². The Labute approximate surface area is 56.5 Å². The summed E-state index contributed by atoms with van der Waals surface area (Å²) in [5.74, 6) is 0. The van der Waals surface area contributed by atoms with E-state index in [-0.39, 0.29) is 6.04 Å². The van der Waals surface area contributed by atoms with Crippen LogP contribution in [0.3, 0.4) is 0 Å².